The lowest BCUT2D eigenvalue weighted by atomic mass is 10.3. The van der Waals surface area contributed by atoms with Gasteiger partial charge in [0.2, 0.25) is 0 Å². The van der Waals surface area contributed by atoms with E-state index >= 15 is 0 Å². The third-order valence-corrected chi connectivity index (χ3v) is 2.45. The molecule has 0 N–H and O–H groups in total. The van der Waals surface area contributed by atoms with Crippen LogP contribution in [0.2, 0.25) is 0 Å². The number of para-hydroxylation sites is 2. The Morgan fingerprint density at radius 3 is 2.78 bits per heavy atom. The van der Waals surface area contributed by atoms with Crippen molar-refractivity contribution in [2.75, 3.05) is 14.2 Å². The van der Waals surface area contributed by atoms with Gasteiger partial charge in [0, 0.05) is 13.1 Å². The Bertz CT molecular complexity index is 596. The van der Waals surface area contributed by atoms with E-state index in [1.807, 2.05) is 24.3 Å². The largest absolute Gasteiger partial charge is 0.274 e. The van der Waals surface area contributed by atoms with Crippen molar-refractivity contribution in [3.05, 3.63) is 42.2 Å². The van der Waals surface area contributed by atoms with Crippen LogP contribution >= 0.6 is 0 Å². The maximum atomic E-state index is 11.5. The number of carbonyl (C=O) groups is 1. The topological polar surface area (TPSA) is 55.3 Å². The molecule has 18 heavy (non-hydrogen) atoms. The lowest BCUT2D eigenvalue weighted by Crippen LogP contribution is -2.22. The first kappa shape index (κ1) is 12.2. The van der Waals surface area contributed by atoms with Crippen LogP contribution < -0.4 is 0 Å². The second-order valence-electron chi connectivity index (χ2n) is 3.64. The Morgan fingerprint density at radius 2 is 2.06 bits per heavy atom. The fourth-order valence-electron chi connectivity index (χ4n) is 1.40. The summed E-state index contributed by atoms with van der Waals surface area (Å²) in [6.45, 7) is 0. The number of fused-ring (bicyclic) bond motifs is 1. The van der Waals surface area contributed by atoms with Crippen molar-refractivity contribution in [3.8, 4) is 0 Å². The molecule has 5 heteroatoms. The van der Waals surface area contributed by atoms with Crippen LogP contribution in [0.25, 0.3) is 17.1 Å². The van der Waals surface area contributed by atoms with Crippen LogP contribution in [0, 0.1) is 0 Å². The molecule has 0 aliphatic rings. The fraction of sp³-hybridized carbons (Fsp3) is 0.154. The lowest BCUT2D eigenvalue weighted by Gasteiger charge is -2.09. The van der Waals surface area contributed by atoms with Crippen molar-refractivity contribution >= 4 is 23.0 Å². The second-order valence-corrected chi connectivity index (χ2v) is 3.64. The monoisotopic (exact) mass is 243 g/mol. The van der Waals surface area contributed by atoms with Crippen molar-refractivity contribution in [3.63, 3.8) is 0 Å². The van der Waals surface area contributed by atoms with Crippen molar-refractivity contribution < 1.29 is 9.63 Å². The second kappa shape index (κ2) is 5.37. The molecule has 1 heterocycles. The normalized spacial score (nSPS) is 11.0. The highest BCUT2D eigenvalue weighted by Crippen LogP contribution is 2.09. The lowest BCUT2D eigenvalue weighted by molar-refractivity contribution is -0.162. The van der Waals surface area contributed by atoms with E-state index in [4.69, 9.17) is 4.84 Å². The number of aromatic nitrogens is 2. The molecule has 92 valence electrons. The van der Waals surface area contributed by atoms with Crippen LogP contribution in [-0.4, -0.2) is 35.1 Å². The van der Waals surface area contributed by atoms with Crippen LogP contribution in [0.5, 0.6) is 0 Å². The molecule has 0 unspecified atom stereocenters. The van der Waals surface area contributed by atoms with Gasteiger partial charge in [0.05, 0.1) is 30.0 Å². The Labute approximate surface area is 105 Å². The minimum absolute atomic E-state index is 0.257. The van der Waals surface area contributed by atoms with Gasteiger partial charge in [-0.3, -0.25) is 14.6 Å². The molecule has 0 saturated heterocycles. The highest BCUT2D eigenvalue weighted by molar-refractivity contribution is 5.90. The van der Waals surface area contributed by atoms with Gasteiger partial charge in [0.25, 0.3) is 5.91 Å². The van der Waals surface area contributed by atoms with E-state index in [1.54, 1.807) is 19.3 Å². The van der Waals surface area contributed by atoms with Crippen molar-refractivity contribution in [2.24, 2.45) is 0 Å². The number of rotatable bonds is 3. The molecule has 0 radical (unpaired) electrons. The molecule has 0 aliphatic carbocycles. The van der Waals surface area contributed by atoms with Crippen LogP contribution in [0.1, 0.15) is 5.69 Å². The molecule has 2 rings (SSSR count). The van der Waals surface area contributed by atoms with E-state index < -0.39 is 0 Å². The van der Waals surface area contributed by atoms with Gasteiger partial charge >= 0.3 is 0 Å². The number of likely N-dealkylation sites (N-methyl/N-ethyl adjacent to an activating group) is 1. The molecule has 1 aromatic heterocycles. The van der Waals surface area contributed by atoms with Gasteiger partial charge < -0.3 is 0 Å². The molecule has 0 saturated carbocycles. The van der Waals surface area contributed by atoms with E-state index in [9.17, 15) is 4.79 Å². The zero-order chi connectivity index (χ0) is 13.0. The minimum Gasteiger partial charge on any atom is -0.274 e. The van der Waals surface area contributed by atoms with E-state index in [-0.39, 0.29) is 5.91 Å². The summed E-state index contributed by atoms with van der Waals surface area (Å²) in [4.78, 5) is 24.9. The van der Waals surface area contributed by atoms with Crippen LogP contribution in [-0.2, 0) is 9.63 Å². The average molecular weight is 243 g/mol. The number of hydroxylamine groups is 2. The van der Waals surface area contributed by atoms with Crippen molar-refractivity contribution in [1.29, 1.82) is 0 Å². The van der Waals surface area contributed by atoms with Gasteiger partial charge in [-0.2, -0.15) is 0 Å². The highest BCUT2D eigenvalue weighted by atomic mass is 16.7. The number of amides is 1. The van der Waals surface area contributed by atoms with E-state index in [1.165, 1.54) is 13.2 Å². The van der Waals surface area contributed by atoms with Gasteiger partial charge in [-0.25, -0.2) is 10.0 Å². The summed E-state index contributed by atoms with van der Waals surface area (Å²) in [6, 6.07) is 7.57. The fourth-order valence-corrected chi connectivity index (χ4v) is 1.40. The van der Waals surface area contributed by atoms with Gasteiger partial charge in [-0.05, 0) is 18.2 Å². The number of hydrogen-bond acceptors (Lipinski definition) is 4. The SMILES string of the molecule is CON(C)C(=O)/C=C/c1cnc2ccccc2n1. The maximum absolute atomic E-state index is 11.5. The Balaban J connectivity index is 2.22. The van der Waals surface area contributed by atoms with Crippen LogP contribution in [0.4, 0.5) is 0 Å². The Hall–Kier alpha value is -2.27. The summed E-state index contributed by atoms with van der Waals surface area (Å²) in [5.74, 6) is -0.257. The van der Waals surface area contributed by atoms with Crippen LogP contribution in [0.15, 0.2) is 36.5 Å². The predicted molar refractivity (Wildman–Crippen MR) is 68.4 cm³/mol. The zero-order valence-corrected chi connectivity index (χ0v) is 10.2. The third-order valence-electron chi connectivity index (χ3n) is 2.45. The summed E-state index contributed by atoms with van der Waals surface area (Å²) < 4.78 is 0. The molecule has 1 amide bonds. The summed E-state index contributed by atoms with van der Waals surface area (Å²) in [5.41, 5.74) is 2.26. The van der Waals surface area contributed by atoms with Crippen LogP contribution in [0.3, 0.4) is 0 Å². The Morgan fingerprint density at radius 1 is 1.33 bits per heavy atom. The number of hydrogen-bond donors (Lipinski definition) is 0. The first-order valence-electron chi connectivity index (χ1n) is 5.42. The molecular formula is C13H13N3O2. The smallest absolute Gasteiger partial charge is 0.269 e. The molecule has 0 spiro atoms. The molecular weight excluding hydrogens is 230 g/mol. The number of nitrogens with zero attached hydrogens (tertiary/aromatic N) is 3. The summed E-state index contributed by atoms with van der Waals surface area (Å²) in [6.07, 6.45) is 4.62. The van der Waals surface area contributed by atoms with Gasteiger partial charge in [0.1, 0.15) is 0 Å². The number of benzene rings is 1. The molecule has 5 nitrogen and oxygen atoms in total. The molecule has 1 aromatic carbocycles. The third kappa shape index (κ3) is 2.70. The zero-order valence-electron chi connectivity index (χ0n) is 10.2. The summed E-state index contributed by atoms with van der Waals surface area (Å²) in [5, 5.41) is 1.13. The maximum Gasteiger partial charge on any atom is 0.269 e. The van der Waals surface area contributed by atoms with Crippen molar-refractivity contribution in [2.45, 2.75) is 0 Å². The minimum atomic E-state index is -0.257. The van der Waals surface area contributed by atoms with E-state index in [2.05, 4.69) is 9.97 Å². The molecule has 0 aliphatic heterocycles. The first-order valence-corrected chi connectivity index (χ1v) is 5.42. The molecule has 0 atom stereocenters. The van der Waals surface area contributed by atoms with E-state index in [0.29, 0.717) is 5.69 Å². The summed E-state index contributed by atoms with van der Waals surface area (Å²) >= 11 is 0. The number of carbonyl (C=O) groups excluding carboxylic acids is 1. The molecule has 0 bridgehead atoms. The Kier molecular flexibility index (Phi) is 3.64. The molecule has 2 aromatic rings. The van der Waals surface area contributed by atoms with Gasteiger partial charge in [-0.15, -0.1) is 0 Å². The van der Waals surface area contributed by atoms with Gasteiger partial charge in [0.15, 0.2) is 0 Å². The van der Waals surface area contributed by atoms with Crippen molar-refractivity contribution in [1.82, 2.24) is 15.0 Å². The van der Waals surface area contributed by atoms with Gasteiger partial charge in [-0.1, -0.05) is 12.1 Å². The quantitative estimate of drug-likeness (QED) is 0.607. The first-order chi connectivity index (χ1) is 8.70. The summed E-state index contributed by atoms with van der Waals surface area (Å²) in [7, 11) is 2.97. The molecule has 0 fully saturated rings. The standard InChI is InChI=1S/C13H13N3O2/c1-16(18-2)13(17)8-7-10-9-14-11-5-3-4-6-12(11)15-10/h3-9H,1-2H3/b8-7+. The van der Waals surface area contributed by atoms with E-state index in [0.717, 1.165) is 16.1 Å². The average Bonchev–Trinajstić information content (AvgIpc) is 2.43. The highest BCUT2D eigenvalue weighted by Gasteiger charge is 2.02. The predicted octanol–water partition coefficient (Wildman–Crippen LogP) is 1.66.